The summed E-state index contributed by atoms with van der Waals surface area (Å²) in [4.78, 5) is 7.66. The Labute approximate surface area is 115 Å². The zero-order chi connectivity index (χ0) is 14.1. The van der Waals surface area contributed by atoms with Crippen molar-refractivity contribution in [1.29, 1.82) is 0 Å². The van der Waals surface area contributed by atoms with E-state index < -0.39 is 0 Å². The Morgan fingerprint density at radius 3 is 3.00 bits per heavy atom. The van der Waals surface area contributed by atoms with Crippen molar-refractivity contribution in [1.82, 2.24) is 9.97 Å². The second-order valence-electron chi connectivity index (χ2n) is 4.76. The Morgan fingerprint density at radius 2 is 2.25 bits per heavy atom. The number of fused-ring (bicyclic) bond motifs is 3. The molecule has 2 N–H and O–H groups in total. The van der Waals surface area contributed by atoms with Gasteiger partial charge in [-0.05, 0) is 19.1 Å². The summed E-state index contributed by atoms with van der Waals surface area (Å²) in [6.45, 7) is 2.47. The van der Waals surface area contributed by atoms with Crippen molar-refractivity contribution in [3.63, 3.8) is 0 Å². The van der Waals surface area contributed by atoms with Gasteiger partial charge in [0.25, 0.3) is 0 Å². The largest absolute Gasteiger partial charge is 0.411 e. The molecular weight excluding hydrogens is 254 g/mol. The zero-order valence-electron chi connectivity index (χ0n) is 11.3. The minimum Gasteiger partial charge on any atom is -0.411 e. The SMILES string of the molecule is COCc1c(/C=N\O)ncc2[nH]c3ccc(C)cc3c12. The minimum atomic E-state index is 0.409. The smallest absolute Gasteiger partial charge is 0.0922 e. The van der Waals surface area contributed by atoms with Crippen LogP contribution in [-0.2, 0) is 11.3 Å². The van der Waals surface area contributed by atoms with Gasteiger partial charge in [0.15, 0.2) is 0 Å². The molecule has 3 aromatic rings. The number of hydrogen-bond acceptors (Lipinski definition) is 4. The first-order valence-electron chi connectivity index (χ1n) is 6.31. The lowest BCUT2D eigenvalue weighted by atomic mass is 10.0. The molecule has 2 heterocycles. The van der Waals surface area contributed by atoms with Gasteiger partial charge in [0.05, 0.1) is 30.2 Å². The van der Waals surface area contributed by atoms with Crippen LogP contribution >= 0.6 is 0 Å². The highest BCUT2D eigenvalue weighted by atomic mass is 16.5. The number of pyridine rings is 1. The Hall–Kier alpha value is -2.40. The molecule has 3 rings (SSSR count). The second kappa shape index (κ2) is 4.94. The minimum absolute atomic E-state index is 0.409. The molecule has 0 fully saturated rings. The van der Waals surface area contributed by atoms with Gasteiger partial charge in [0.1, 0.15) is 0 Å². The van der Waals surface area contributed by atoms with Crippen molar-refractivity contribution >= 4 is 28.0 Å². The topological polar surface area (TPSA) is 70.5 Å². The molecule has 0 saturated heterocycles. The Morgan fingerprint density at radius 1 is 1.40 bits per heavy atom. The molecule has 0 aliphatic carbocycles. The average Bonchev–Trinajstić information content (AvgIpc) is 2.80. The number of nitrogens with zero attached hydrogens (tertiary/aromatic N) is 2. The summed E-state index contributed by atoms with van der Waals surface area (Å²) in [6.07, 6.45) is 3.09. The number of methoxy groups -OCH3 is 1. The highest BCUT2D eigenvalue weighted by Crippen LogP contribution is 2.30. The summed E-state index contributed by atoms with van der Waals surface area (Å²) < 4.78 is 5.27. The Kier molecular flexibility index (Phi) is 3.12. The van der Waals surface area contributed by atoms with Gasteiger partial charge in [-0.3, -0.25) is 4.98 Å². The summed E-state index contributed by atoms with van der Waals surface area (Å²) in [6, 6.07) is 6.26. The molecule has 0 saturated carbocycles. The maximum atomic E-state index is 8.77. The normalized spacial score (nSPS) is 11.9. The van der Waals surface area contributed by atoms with Crippen LogP contribution in [0, 0.1) is 6.92 Å². The fourth-order valence-electron chi connectivity index (χ4n) is 2.55. The van der Waals surface area contributed by atoms with Gasteiger partial charge in [-0.1, -0.05) is 16.8 Å². The van der Waals surface area contributed by atoms with E-state index in [0.29, 0.717) is 12.3 Å². The van der Waals surface area contributed by atoms with Crippen LogP contribution in [0.1, 0.15) is 16.8 Å². The molecule has 5 heteroatoms. The monoisotopic (exact) mass is 269 g/mol. The zero-order valence-corrected chi connectivity index (χ0v) is 11.3. The number of oxime groups is 1. The van der Waals surface area contributed by atoms with Crippen LogP contribution in [0.4, 0.5) is 0 Å². The summed E-state index contributed by atoms with van der Waals surface area (Å²) in [5, 5.41) is 14.0. The van der Waals surface area contributed by atoms with Crippen LogP contribution in [0.5, 0.6) is 0 Å². The molecule has 0 aliphatic heterocycles. The van der Waals surface area contributed by atoms with Crippen molar-refractivity contribution < 1.29 is 9.94 Å². The van der Waals surface area contributed by atoms with E-state index in [1.807, 2.05) is 0 Å². The fourth-order valence-corrected chi connectivity index (χ4v) is 2.55. The van der Waals surface area contributed by atoms with Crippen LogP contribution in [0.15, 0.2) is 29.6 Å². The highest BCUT2D eigenvalue weighted by molar-refractivity contribution is 6.10. The number of aromatic nitrogens is 2. The quantitative estimate of drug-likeness (QED) is 0.436. The van der Waals surface area contributed by atoms with Crippen LogP contribution < -0.4 is 0 Å². The first-order chi connectivity index (χ1) is 9.74. The van der Waals surface area contributed by atoms with E-state index in [1.54, 1.807) is 13.3 Å². The first-order valence-corrected chi connectivity index (χ1v) is 6.31. The third-order valence-corrected chi connectivity index (χ3v) is 3.40. The van der Waals surface area contributed by atoms with Gasteiger partial charge in [0, 0.05) is 29.0 Å². The van der Waals surface area contributed by atoms with Gasteiger partial charge in [-0.15, -0.1) is 0 Å². The van der Waals surface area contributed by atoms with Gasteiger partial charge in [0.2, 0.25) is 0 Å². The second-order valence-corrected chi connectivity index (χ2v) is 4.76. The van der Waals surface area contributed by atoms with Gasteiger partial charge in [-0.25, -0.2) is 0 Å². The lowest BCUT2D eigenvalue weighted by Crippen LogP contribution is -1.99. The van der Waals surface area contributed by atoms with Gasteiger partial charge >= 0.3 is 0 Å². The van der Waals surface area contributed by atoms with E-state index in [-0.39, 0.29) is 0 Å². The molecule has 0 bridgehead atoms. The van der Waals surface area contributed by atoms with Gasteiger partial charge < -0.3 is 14.9 Å². The van der Waals surface area contributed by atoms with Crippen LogP contribution in [0.25, 0.3) is 21.8 Å². The van der Waals surface area contributed by atoms with Crippen LogP contribution in [0.3, 0.4) is 0 Å². The Bertz CT molecular complexity index is 806. The molecule has 0 atom stereocenters. The number of benzene rings is 1. The maximum Gasteiger partial charge on any atom is 0.0922 e. The predicted octanol–water partition coefficient (Wildman–Crippen LogP) is 2.98. The standard InChI is InChI=1S/C15H15N3O2/c1-9-3-4-12-10(5-9)15-11(8-20-2)13(7-17-19)16-6-14(15)18-12/h3-7,18-19H,8H2,1-2H3/b17-7-. The third kappa shape index (κ3) is 1.92. The van der Waals surface area contributed by atoms with Crippen molar-refractivity contribution in [2.45, 2.75) is 13.5 Å². The molecule has 2 aromatic heterocycles. The third-order valence-electron chi connectivity index (χ3n) is 3.40. The van der Waals surface area contributed by atoms with Crippen molar-refractivity contribution in [3.05, 3.63) is 41.2 Å². The lowest BCUT2D eigenvalue weighted by molar-refractivity contribution is 0.185. The Balaban J connectivity index is 2.43. The van der Waals surface area contributed by atoms with E-state index in [0.717, 1.165) is 27.4 Å². The molecule has 0 spiro atoms. The lowest BCUT2D eigenvalue weighted by Gasteiger charge is -2.06. The molecule has 1 aromatic carbocycles. The summed E-state index contributed by atoms with van der Waals surface area (Å²) in [5.41, 5.74) is 4.73. The van der Waals surface area contributed by atoms with E-state index in [4.69, 9.17) is 9.94 Å². The molecule has 5 nitrogen and oxygen atoms in total. The van der Waals surface area contributed by atoms with Crippen molar-refractivity contribution in [2.24, 2.45) is 5.16 Å². The summed E-state index contributed by atoms with van der Waals surface area (Å²) in [7, 11) is 1.64. The van der Waals surface area contributed by atoms with Crippen LogP contribution in [0.2, 0.25) is 0 Å². The number of rotatable bonds is 3. The van der Waals surface area contributed by atoms with E-state index >= 15 is 0 Å². The van der Waals surface area contributed by atoms with E-state index in [1.165, 1.54) is 11.8 Å². The molecule has 20 heavy (non-hydrogen) atoms. The first kappa shape index (κ1) is 12.6. The maximum absolute atomic E-state index is 8.77. The number of hydrogen-bond donors (Lipinski definition) is 2. The number of H-pyrrole nitrogens is 1. The molecule has 0 unspecified atom stereocenters. The number of aryl methyl sites for hydroxylation is 1. The van der Waals surface area contributed by atoms with Crippen molar-refractivity contribution in [3.8, 4) is 0 Å². The van der Waals surface area contributed by atoms with Gasteiger partial charge in [-0.2, -0.15) is 0 Å². The van der Waals surface area contributed by atoms with E-state index in [2.05, 4.69) is 40.2 Å². The molecular formula is C15H15N3O2. The van der Waals surface area contributed by atoms with Crippen LogP contribution in [-0.4, -0.2) is 28.5 Å². The molecule has 102 valence electrons. The summed E-state index contributed by atoms with van der Waals surface area (Å²) in [5.74, 6) is 0. The molecule has 0 amide bonds. The average molecular weight is 269 g/mol. The van der Waals surface area contributed by atoms with Crippen molar-refractivity contribution in [2.75, 3.05) is 7.11 Å². The fraction of sp³-hybridized carbons (Fsp3) is 0.200. The summed E-state index contributed by atoms with van der Waals surface area (Å²) >= 11 is 0. The number of ether oxygens (including phenoxy) is 1. The number of aromatic amines is 1. The molecule has 0 radical (unpaired) electrons. The van der Waals surface area contributed by atoms with E-state index in [9.17, 15) is 0 Å². The predicted molar refractivity (Wildman–Crippen MR) is 78.4 cm³/mol. The highest BCUT2D eigenvalue weighted by Gasteiger charge is 2.13. The number of nitrogens with one attached hydrogen (secondary N) is 1. The molecule has 0 aliphatic rings.